The number of hydrogen-bond acceptors (Lipinski definition) is 4. The van der Waals surface area contributed by atoms with Crippen LogP contribution in [0.3, 0.4) is 0 Å². The Balaban J connectivity index is 1.57. The number of anilines is 1. The summed E-state index contributed by atoms with van der Waals surface area (Å²) in [5.41, 5.74) is 1.59. The van der Waals surface area contributed by atoms with E-state index >= 15 is 0 Å². The lowest BCUT2D eigenvalue weighted by Gasteiger charge is -2.29. The van der Waals surface area contributed by atoms with Crippen LogP contribution < -0.4 is 10.6 Å². The average molecular weight is 300 g/mol. The fourth-order valence-corrected chi connectivity index (χ4v) is 2.84. The van der Waals surface area contributed by atoms with Gasteiger partial charge in [0.1, 0.15) is 6.33 Å². The first kappa shape index (κ1) is 14.5. The normalized spacial score (nSPS) is 21.3. The lowest BCUT2D eigenvalue weighted by atomic mass is 9.86. The Labute approximate surface area is 129 Å². The molecule has 0 unspecified atom stereocenters. The van der Waals surface area contributed by atoms with Gasteiger partial charge in [0, 0.05) is 11.7 Å². The summed E-state index contributed by atoms with van der Waals surface area (Å²) in [4.78, 5) is 12.1. The molecule has 1 aliphatic rings. The van der Waals surface area contributed by atoms with Gasteiger partial charge in [-0.3, -0.25) is 0 Å². The van der Waals surface area contributed by atoms with Crippen LogP contribution in [-0.2, 0) is 0 Å². The summed E-state index contributed by atoms with van der Waals surface area (Å²) >= 11 is 0. The van der Waals surface area contributed by atoms with Crippen molar-refractivity contribution in [1.82, 2.24) is 25.5 Å². The molecule has 116 valence electrons. The van der Waals surface area contributed by atoms with Crippen LogP contribution in [0.4, 0.5) is 10.5 Å². The second-order valence-electron chi connectivity index (χ2n) is 5.77. The van der Waals surface area contributed by atoms with E-state index in [1.54, 1.807) is 4.68 Å². The van der Waals surface area contributed by atoms with Crippen LogP contribution >= 0.6 is 0 Å². The SMILES string of the molecule is C[C@@H]1CCCC[C@@H]1NC(=O)Nc1ccc(-n2cnnn2)cc1. The number of carbonyl (C=O) groups is 1. The molecule has 7 heteroatoms. The number of tetrazole rings is 1. The first-order valence-corrected chi connectivity index (χ1v) is 7.63. The Hall–Kier alpha value is -2.44. The smallest absolute Gasteiger partial charge is 0.319 e. The van der Waals surface area contributed by atoms with Crippen molar-refractivity contribution < 1.29 is 4.79 Å². The van der Waals surface area contributed by atoms with Gasteiger partial charge in [-0.1, -0.05) is 19.8 Å². The summed E-state index contributed by atoms with van der Waals surface area (Å²) in [5.74, 6) is 0.543. The number of nitrogens with zero attached hydrogens (tertiary/aromatic N) is 4. The maximum absolute atomic E-state index is 12.1. The zero-order chi connectivity index (χ0) is 15.4. The molecule has 0 saturated heterocycles. The van der Waals surface area contributed by atoms with Gasteiger partial charge in [-0.05, 0) is 53.5 Å². The van der Waals surface area contributed by atoms with Gasteiger partial charge >= 0.3 is 6.03 Å². The lowest BCUT2D eigenvalue weighted by Crippen LogP contribution is -2.43. The number of benzene rings is 1. The molecule has 0 spiro atoms. The molecule has 3 rings (SSSR count). The van der Waals surface area contributed by atoms with Crippen LogP contribution in [0.2, 0.25) is 0 Å². The third-order valence-electron chi connectivity index (χ3n) is 4.17. The second-order valence-corrected chi connectivity index (χ2v) is 5.77. The summed E-state index contributed by atoms with van der Waals surface area (Å²) in [7, 11) is 0. The van der Waals surface area contributed by atoms with Crippen molar-refractivity contribution >= 4 is 11.7 Å². The van der Waals surface area contributed by atoms with E-state index in [4.69, 9.17) is 0 Å². The monoisotopic (exact) mass is 300 g/mol. The summed E-state index contributed by atoms with van der Waals surface area (Å²) in [6.45, 7) is 2.20. The molecule has 2 N–H and O–H groups in total. The molecule has 1 fully saturated rings. The largest absolute Gasteiger partial charge is 0.335 e. The minimum absolute atomic E-state index is 0.145. The Kier molecular flexibility index (Phi) is 4.32. The maximum Gasteiger partial charge on any atom is 0.319 e. The van der Waals surface area contributed by atoms with Crippen LogP contribution in [0.1, 0.15) is 32.6 Å². The van der Waals surface area contributed by atoms with Crippen LogP contribution in [-0.4, -0.2) is 32.3 Å². The summed E-state index contributed by atoms with van der Waals surface area (Å²) in [5, 5.41) is 16.9. The Morgan fingerprint density at radius 3 is 2.68 bits per heavy atom. The van der Waals surface area contributed by atoms with Crippen molar-refractivity contribution in [3.63, 3.8) is 0 Å². The van der Waals surface area contributed by atoms with Crippen LogP contribution in [0, 0.1) is 5.92 Å². The van der Waals surface area contributed by atoms with Crippen molar-refractivity contribution in [2.75, 3.05) is 5.32 Å². The highest BCUT2D eigenvalue weighted by Crippen LogP contribution is 2.23. The quantitative estimate of drug-likeness (QED) is 0.911. The predicted molar refractivity (Wildman–Crippen MR) is 82.7 cm³/mol. The second kappa shape index (κ2) is 6.55. The van der Waals surface area contributed by atoms with Gasteiger partial charge in [0.05, 0.1) is 5.69 Å². The van der Waals surface area contributed by atoms with Gasteiger partial charge in [-0.15, -0.1) is 5.10 Å². The van der Waals surface area contributed by atoms with E-state index in [1.165, 1.54) is 25.6 Å². The van der Waals surface area contributed by atoms with Crippen molar-refractivity contribution in [1.29, 1.82) is 0 Å². The van der Waals surface area contributed by atoms with Crippen molar-refractivity contribution in [3.8, 4) is 5.69 Å². The van der Waals surface area contributed by atoms with Gasteiger partial charge in [0.2, 0.25) is 0 Å². The molecule has 1 aromatic heterocycles. The average Bonchev–Trinajstić information content (AvgIpc) is 3.05. The number of hydrogen-bond donors (Lipinski definition) is 2. The highest BCUT2D eigenvalue weighted by Gasteiger charge is 2.22. The van der Waals surface area contributed by atoms with Gasteiger partial charge < -0.3 is 10.6 Å². The number of urea groups is 1. The van der Waals surface area contributed by atoms with Crippen LogP contribution in [0.25, 0.3) is 5.69 Å². The highest BCUT2D eigenvalue weighted by molar-refractivity contribution is 5.89. The van der Waals surface area contributed by atoms with Gasteiger partial charge in [0.25, 0.3) is 0 Å². The third kappa shape index (κ3) is 3.41. The van der Waals surface area contributed by atoms with E-state index in [9.17, 15) is 4.79 Å². The first-order valence-electron chi connectivity index (χ1n) is 7.63. The summed E-state index contributed by atoms with van der Waals surface area (Å²) in [6.07, 6.45) is 6.23. The molecule has 22 heavy (non-hydrogen) atoms. The first-order chi connectivity index (χ1) is 10.7. The van der Waals surface area contributed by atoms with Crippen molar-refractivity contribution in [2.24, 2.45) is 5.92 Å². The van der Waals surface area contributed by atoms with E-state index in [-0.39, 0.29) is 12.1 Å². The van der Waals surface area contributed by atoms with Crippen LogP contribution in [0.15, 0.2) is 30.6 Å². The molecule has 2 atom stereocenters. The number of carbonyl (C=O) groups excluding carboxylic acids is 1. The summed E-state index contributed by atoms with van der Waals surface area (Å²) in [6, 6.07) is 7.51. The van der Waals surface area contributed by atoms with Gasteiger partial charge in [-0.2, -0.15) is 0 Å². The van der Waals surface area contributed by atoms with E-state index in [1.807, 2.05) is 24.3 Å². The Bertz CT molecular complexity index is 609. The molecule has 0 radical (unpaired) electrons. The number of amides is 2. The standard InChI is InChI=1S/C15H20N6O/c1-11-4-2-3-5-14(11)18-15(22)17-12-6-8-13(9-7-12)21-10-16-19-20-21/h6-11,14H,2-5H2,1H3,(H2,17,18,22)/t11-,14+/m1/s1. The molecule has 7 nitrogen and oxygen atoms in total. The molecule has 1 aromatic carbocycles. The zero-order valence-corrected chi connectivity index (χ0v) is 12.6. The maximum atomic E-state index is 12.1. The van der Waals surface area contributed by atoms with Crippen LogP contribution in [0.5, 0.6) is 0 Å². The zero-order valence-electron chi connectivity index (χ0n) is 12.6. The van der Waals surface area contributed by atoms with E-state index < -0.39 is 0 Å². The highest BCUT2D eigenvalue weighted by atomic mass is 16.2. The molecule has 1 saturated carbocycles. The van der Waals surface area contributed by atoms with E-state index in [0.717, 1.165) is 17.8 Å². The number of aromatic nitrogens is 4. The Morgan fingerprint density at radius 1 is 1.23 bits per heavy atom. The molecular weight excluding hydrogens is 280 g/mol. The lowest BCUT2D eigenvalue weighted by molar-refractivity contribution is 0.232. The van der Waals surface area contributed by atoms with Gasteiger partial charge in [0.15, 0.2) is 0 Å². The molecule has 0 aliphatic heterocycles. The molecule has 2 amide bonds. The third-order valence-corrected chi connectivity index (χ3v) is 4.17. The fraction of sp³-hybridized carbons (Fsp3) is 0.467. The molecule has 1 aliphatic carbocycles. The van der Waals surface area contributed by atoms with E-state index in [2.05, 4.69) is 33.1 Å². The summed E-state index contributed by atoms with van der Waals surface area (Å²) < 4.78 is 1.56. The van der Waals surface area contributed by atoms with E-state index in [0.29, 0.717) is 5.92 Å². The Morgan fingerprint density at radius 2 is 2.00 bits per heavy atom. The predicted octanol–water partition coefficient (Wildman–Crippen LogP) is 2.36. The number of nitrogens with one attached hydrogen (secondary N) is 2. The molecular formula is C15H20N6O. The fourth-order valence-electron chi connectivity index (χ4n) is 2.84. The number of rotatable bonds is 3. The minimum atomic E-state index is -0.145. The topological polar surface area (TPSA) is 84.7 Å². The molecule has 0 bridgehead atoms. The molecule has 2 aromatic rings. The molecule has 1 heterocycles. The van der Waals surface area contributed by atoms with Crippen molar-refractivity contribution in [3.05, 3.63) is 30.6 Å². The van der Waals surface area contributed by atoms with Crippen molar-refractivity contribution in [2.45, 2.75) is 38.6 Å². The van der Waals surface area contributed by atoms with Gasteiger partial charge in [-0.25, -0.2) is 9.48 Å². The minimum Gasteiger partial charge on any atom is -0.335 e.